The minimum absolute atomic E-state index is 0.0538. The van der Waals surface area contributed by atoms with Crippen LogP contribution in [-0.4, -0.2) is 7.11 Å². The lowest BCUT2D eigenvalue weighted by atomic mass is 10.1. The highest BCUT2D eigenvalue weighted by atomic mass is 16.5. The number of hydrogen-bond acceptors (Lipinski definition) is 3. The number of rotatable bonds is 4. The molecule has 0 aromatic heterocycles. The lowest BCUT2D eigenvalue weighted by Crippen LogP contribution is -2.04. The highest BCUT2D eigenvalue weighted by Gasteiger charge is 2.10. The van der Waals surface area contributed by atoms with Gasteiger partial charge in [0.1, 0.15) is 6.10 Å². The normalized spacial score (nSPS) is 11.9. The predicted molar refractivity (Wildman–Crippen MR) is 72.9 cm³/mol. The molecule has 0 saturated heterocycles. The van der Waals surface area contributed by atoms with Crippen LogP contribution in [0, 0.1) is 0 Å². The summed E-state index contributed by atoms with van der Waals surface area (Å²) in [5.74, 6) is 1.48. The van der Waals surface area contributed by atoms with Gasteiger partial charge in [-0.2, -0.15) is 0 Å². The zero-order valence-electron chi connectivity index (χ0n) is 10.6. The molecule has 1 unspecified atom stereocenters. The lowest BCUT2D eigenvalue weighted by Gasteiger charge is -2.17. The number of nitrogens with two attached hydrogens (primary N) is 1. The van der Waals surface area contributed by atoms with Gasteiger partial charge in [0, 0.05) is 5.69 Å². The number of ether oxygens (including phenoxy) is 2. The van der Waals surface area contributed by atoms with E-state index in [1.54, 1.807) is 7.11 Å². The molecule has 3 nitrogen and oxygen atoms in total. The fraction of sp³-hybridized carbons (Fsp3) is 0.200. The average molecular weight is 243 g/mol. The summed E-state index contributed by atoms with van der Waals surface area (Å²) in [5, 5.41) is 0. The fourth-order valence-corrected chi connectivity index (χ4v) is 1.74. The van der Waals surface area contributed by atoms with Crippen molar-refractivity contribution in [3.63, 3.8) is 0 Å². The highest BCUT2D eigenvalue weighted by molar-refractivity contribution is 5.42. The van der Waals surface area contributed by atoms with Crippen LogP contribution in [0.1, 0.15) is 18.6 Å². The summed E-state index contributed by atoms with van der Waals surface area (Å²) in [7, 11) is 1.63. The first-order valence-corrected chi connectivity index (χ1v) is 5.86. The van der Waals surface area contributed by atoms with Crippen molar-refractivity contribution in [2.24, 2.45) is 0 Å². The van der Waals surface area contributed by atoms with Crippen molar-refractivity contribution in [3.05, 3.63) is 54.1 Å². The summed E-state index contributed by atoms with van der Waals surface area (Å²) in [6.45, 7) is 2.00. The topological polar surface area (TPSA) is 44.5 Å². The third kappa shape index (κ3) is 2.74. The average Bonchev–Trinajstić information content (AvgIpc) is 2.40. The molecule has 0 aliphatic carbocycles. The van der Waals surface area contributed by atoms with Gasteiger partial charge in [-0.05, 0) is 36.8 Å². The van der Waals surface area contributed by atoms with Crippen molar-refractivity contribution in [1.82, 2.24) is 0 Å². The van der Waals surface area contributed by atoms with Gasteiger partial charge in [0.2, 0.25) is 0 Å². The number of benzene rings is 2. The van der Waals surface area contributed by atoms with Crippen LogP contribution >= 0.6 is 0 Å². The summed E-state index contributed by atoms with van der Waals surface area (Å²) in [5.41, 5.74) is 7.50. The van der Waals surface area contributed by atoms with Gasteiger partial charge in [0.05, 0.1) is 7.11 Å². The van der Waals surface area contributed by atoms with Gasteiger partial charge in [-0.15, -0.1) is 0 Å². The maximum absolute atomic E-state index is 5.90. The van der Waals surface area contributed by atoms with Crippen molar-refractivity contribution < 1.29 is 9.47 Å². The first-order chi connectivity index (χ1) is 8.70. The number of anilines is 1. The van der Waals surface area contributed by atoms with E-state index >= 15 is 0 Å². The smallest absolute Gasteiger partial charge is 0.162 e. The Kier molecular flexibility index (Phi) is 3.72. The quantitative estimate of drug-likeness (QED) is 0.837. The third-order valence-electron chi connectivity index (χ3n) is 2.78. The number of nitrogen functional groups attached to an aromatic ring is 1. The summed E-state index contributed by atoms with van der Waals surface area (Å²) in [4.78, 5) is 0. The van der Waals surface area contributed by atoms with E-state index in [4.69, 9.17) is 15.2 Å². The second-order valence-electron chi connectivity index (χ2n) is 4.08. The molecule has 3 heteroatoms. The largest absolute Gasteiger partial charge is 0.493 e. The van der Waals surface area contributed by atoms with Gasteiger partial charge in [-0.3, -0.25) is 0 Å². The molecule has 0 saturated carbocycles. The van der Waals surface area contributed by atoms with Crippen molar-refractivity contribution >= 4 is 5.69 Å². The number of methoxy groups -OCH3 is 1. The first kappa shape index (κ1) is 12.3. The van der Waals surface area contributed by atoms with Crippen LogP contribution in [-0.2, 0) is 0 Å². The van der Waals surface area contributed by atoms with Crippen molar-refractivity contribution in [3.8, 4) is 11.5 Å². The van der Waals surface area contributed by atoms with E-state index in [0.717, 1.165) is 22.7 Å². The van der Waals surface area contributed by atoms with E-state index in [1.165, 1.54) is 0 Å². The van der Waals surface area contributed by atoms with Crippen LogP contribution < -0.4 is 15.2 Å². The van der Waals surface area contributed by atoms with Crippen LogP contribution in [0.5, 0.6) is 11.5 Å². The number of hydrogen-bond donors (Lipinski definition) is 1. The Balaban J connectivity index is 2.15. The minimum atomic E-state index is -0.0538. The van der Waals surface area contributed by atoms with Crippen molar-refractivity contribution in [1.29, 1.82) is 0 Å². The molecule has 0 bridgehead atoms. The molecule has 0 heterocycles. The van der Waals surface area contributed by atoms with Crippen LogP contribution in [0.4, 0.5) is 5.69 Å². The van der Waals surface area contributed by atoms with E-state index < -0.39 is 0 Å². The van der Waals surface area contributed by atoms with Gasteiger partial charge in [-0.25, -0.2) is 0 Å². The summed E-state index contributed by atoms with van der Waals surface area (Å²) in [6.07, 6.45) is -0.0538. The van der Waals surface area contributed by atoms with E-state index in [-0.39, 0.29) is 6.10 Å². The molecule has 0 spiro atoms. The molecule has 0 fully saturated rings. The highest BCUT2D eigenvalue weighted by Crippen LogP contribution is 2.30. The standard InChI is InChI=1S/C15H17NO2/c1-11(12-7-9-13(16)10-8-12)18-15-6-4-3-5-14(15)17-2/h3-11H,16H2,1-2H3. The van der Waals surface area contributed by atoms with E-state index in [1.807, 2.05) is 55.5 Å². The van der Waals surface area contributed by atoms with Gasteiger partial charge in [0.15, 0.2) is 11.5 Å². The molecule has 1 atom stereocenters. The van der Waals surface area contributed by atoms with E-state index in [9.17, 15) is 0 Å². The molecule has 2 aromatic carbocycles. The second-order valence-corrected chi connectivity index (χ2v) is 4.08. The Bertz CT molecular complexity index is 508. The molecule has 94 valence electrons. The van der Waals surface area contributed by atoms with Gasteiger partial charge in [-0.1, -0.05) is 24.3 Å². The maximum atomic E-state index is 5.90. The molecule has 0 amide bonds. The van der Waals surface area contributed by atoms with Gasteiger partial charge >= 0.3 is 0 Å². The molecule has 2 N–H and O–H groups in total. The fourth-order valence-electron chi connectivity index (χ4n) is 1.74. The second kappa shape index (κ2) is 5.45. The minimum Gasteiger partial charge on any atom is -0.493 e. The summed E-state index contributed by atoms with van der Waals surface area (Å²) in [6, 6.07) is 15.3. The van der Waals surface area contributed by atoms with Crippen LogP contribution in [0.25, 0.3) is 0 Å². The van der Waals surface area contributed by atoms with Crippen molar-refractivity contribution in [2.45, 2.75) is 13.0 Å². The van der Waals surface area contributed by atoms with Gasteiger partial charge in [0.25, 0.3) is 0 Å². The Labute approximate surface area is 107 Å². The van der Waals surface area contributed by atoms with E-state index in [0.29, 0.717) is 0 Å². The summed E-state index contributed by atoms with van der Waals surface area (Å²) < 4.78 is 11.2. The molecular formula is C15H17NO2. The van der Waals surface area contributed by atoms with Crippen LogP contribution in [0.15, 0.2) is 48.5 Å². The first-order valence-electron chi connectivity index (χ1n) is 5.86. The summed E-state index contributed by atoms with van der Waals surface area (Å²) >= 11 is 0. The Morgan fingerprint density at radius 3 is 2.17 bits per heavy atom. The predicted octanol–water partition coefficient (Wildman–Crippen LogP) is 3.42. The molecule has 0 aliphatic rings. The maximum Gasteiger partial charge on any atom is 0.162 e. The van der Waals surface area contributed by atoms with Crippen molar-refractivity contribution in [2.75, 3.05) is 12.8 Å². The molecule has 2 aromatic rings. The van der Waals surface area contributed by atoms with Crippen LogP contribution in [0.2, 0.25) is 0 Å². The molecule has 0 radical (unpaired) electrons. The Morgan fingerprint density at radius 2 is 1.56 bits per heavy atom. The Hall–Kier alpha value is -2.16. The number of para-hydroxylation sites is 2. The zero-order valence-corrected chi connectivity index (χ0v) is 10.6. The van der Waals surface area contributed by atoms with Crippen LogP contribution in [0.3, 0.4) is 0 Å². The SMILES string of the molecule is COc1ccccc1OC(C)c1ccc(N)cc1. The van der Waals surface area contributed by atoms with E-state index in [2.05, 4.69) is 0 Å². The lowest BCUT2D eigenvalue weighted by molar-refractivity contribution is 0.216. The zero-order chi connectivity index (χ0) is 13.0. The Morgan fingerprint density at radius 1 is 0.944 bits per heavy atom. The third-order valence-corrected chi connectivity index (χ3v) is 2.78. The molecule has 18 heavy (non-hydrogen) atoms. The molecule has 0 aliphatic heterocycles. The monoisotopic (exact) mass is 243 g/mol. The van der Waals surface area contributed by atoms with Gasteiger partial charge < -0.3 is 15.2 Å². The molecule has 2 rings (SSSR count). The molecular weight excluding hydrogens is 226 g/mol.